The van der Waals surface area contributed by atoms with Gasteiger partial charge in [0.25, 0.3) is 0 Å². The summed E-state index contributed by atoms with van der Waals surface area (Å²) in [5.41, 5.74) is 1.13. The number of carbonyl (C=O) groups excluding carboxylic acids is 1. The van der Waals surface area contributed by atoms with Crippen LogP contribution in [0.2, 0.25) is 0 Å². The van der Waals surface area contributed by atoms with Gasteiger partial charge in [-0.3, -0.25) is 4.79 Å². The maximum atomic E-state index is 12.0. The van der Waals surface area contributed by atoms with Gasteiger partial charge in [-0.2, -0.15) is 0 Å². The molecule has 0 aliphatic carbocycles. The van der Waals surface area contributed by atoms with Crippen LogP contribution in [0.25, 0.3) is 0 Å². The van der Waals surface area contributed by atoms with Gasteiger partial charge in [-0.1, -0.05) is 51.1 Å². The zero-order chi connectivity index (χ0) is 15.0. The molecule has 0 bridgehead atoms. The summed E-state index contributed by atoms with van der Waals surface area (Å²) in [7, 11) is 0. The third-order valence-electron chi connectivity index (χ3n) is 3.32. The van der Waals surface area contributed by atoms with Gasteiger partial charge < -0.3 is 10.4 Å². The maximum Gasteiger partial charge on any atom is 0.220 e. The lowest BCUT2D eigenvalue weighted by atomic mass is 9.95. The molecule has 2 atom stereocenters. The zero-order valence-corrected chi connectivity index (χ0v) is 12.8. The van der Waals surface area contributed by atoms with E-state index in [9.17, 15) is 9.90 Å². The first-order valence-corrected chi connectivity index (χ1v) is 7.45. The second kappa shape index (κ2) is 8.75. The van der Waals surface area contributed by atoms with Crippen molar-refractivity contribution in [3.8, 4) is 0 Å². The summed E-state index contributed by atoms with van der Waals surface area (Å²) >= 11 is 0. The van der Waals surface area contributed by atoms with E-state index in [-0.39, 0.29) is 18.6 Å². The first kappa shape index (κ1) is 16.7. The number of aliphatic hydroxyl groups is 1. The predicted molar refractivity (Wildman–Crippen MR) is 82.4 cm³/mol. The van der Waals surface area contributed by atoms with Gasteiger partial charge in [0.15, 0.2) is 0 Å². The van der Waals surface area contributed by atoms with E-state index in [1.54, 1.807) is 0 Å². The van der Waals surface area contributed by atoms with Crippen molar-refractivity contribution in [2.45, 2.75) is 46.1 Å². The van der Waals surface area contributed by atoms with E-state index in [2.05, 4.69) is 26.1 Å². The molecule has 1 rings (SSSR count). The number of hydrogen-bond donors (Lipinski definition) is 2. The molecule has 1 amide bonds. The van der Waals surface area contributed by atoms with Crippen LogP contribution in [0.5, 0.6) is 0 Å². The lowest BCUT2D eigenvalue weighted by molar-refractivity contribution is -0.123. The van der Waals surface area contributed by atoms with Crippen molar-refractivity contribution in [1.29, 1.82) is 0 Å². The van der Waals surface area contributed by atoms with E-state index >= 15 is 0 Å². The smallest absolute Gasteiger partial charge is 0.220 e. The number of aliphatic hydroxyl groups excluding tert-OH is 1. The van der Waals surface area contributed by atoms with Crippen molar-refractivity contribution >= 4 is 5.91 Å². The summed E-state index contributed by atoms with van der Waals surface area (Å²) in [6, 6.07) is 9.72. The van der Waals surface area contributed by atoms with Gasteiger partial charge in [0.2, 0.25) is 5.91 Å². The first-order valence-electron chi connectivity index (χ1n) is 7.45. The quantitative estimate of drug-likeness (QED) is 0.767. The number of carbonyl (C=O) groups is 1. The highest BCUT2D eigenvalue weighted by Crippen LogP contribution is 2.14. The number of nitrogens with one attached hydrogen (secondary N) is 1. The highest BCUT2D eigenvalue weighted by Gasteiger charge is 2.15. The second-order valence-electron chi connectivity index (χ2n) is 6.08. The van der Waals surface area contributed by atoms with Crippen molar-refractivity contribution < 1.29 is 9.90 Å². The highest BCUT2D eigenvalue weighted by molar-refractivity contribution is 5.76. The number of benzene rings is 1. The molecule has 0 aliphatic rings. The average molecular weight is 277 g/mol. The molecular formula is C17H27NO2. The van der Waals surface area contributed by atoms with E-state index in [0.29, 0.717) is 24.7 Å². The van der Waals surface area contributed by atoms with E-state index < -0.39 is 0 Å². The van der Waals surface area contributed by atoms with Gasteiger partial charge in [0.05, 0.1) is 12.6 Å². The molecule has 2 unspecified atom stereocenters. The van der Waals surface area contributed by atoms with Crippen molar-refractivity contribution in [1.82, 2.24) is 5.32 Å². The Bertz CT molecular complexity index is 389. The maximum absolute atomic E-state index is 12.0. The van der Waals surface area contributed by atoms with Crippen LogP contribution in [-0.2, 0) is 11.2 Å². The van der Waals surface area contributed by atoms with Crippen LogP contribution in [0.15, 0.2) is 30.3 Å². The van der Waals surface area contributed by atoms with Gasteiger partial charge in [0.1, 0.15) is 0 Å². The molecule has 0 spiro atoms. The lowest BCUT2D eigenvalue weighted by Crippen LogP contribution is -2.39. The van der Waals surface area contributed by atoms with Crippen molar-refractivity contribution in [3.63, 3.8) is 0 Å². The van der Waals surface area contributed by atoms with Crippen molar-refractivity contribution in [3.05, 3.63) is 35.9 Å². The van der Waals surface area contributed by atoms with E-state index in [0.717, 1.165) is 12.0 Å². The standard InChI is InChI=1S/C17H27NO2/c1-13(2)9-14(3)10-17(20)18-16(12-19)11-15-7-5-4-6-8-15/h4-8,13-14,16,19H,9-12H2,1-3H3,(H,18,20). The summed E-state index contributed by atoms with van der Waals surface area (Å²) in [4.78, 5) is 12.0. The zero-order valence-electron chi connectivity index (χ0n) is 12.8. The van der Waals surface area contributed by atoms with Crippen LogP contribution in [0.3, 0.4) is 0 Å². The summed E-state index contributed by atoms with van der Waals surface area (Å²) < 4.78 is 0. The monoisotopic (exact) mass is 277 g/mol. The Morgan fingerprint density at radius 2 is 1.85 bits per heavy atom. The van der Waals surface area contributed by atoms with Crippen LogP contribution in [0, 0.1) is 11.8 Å². The lowest BCUT2D eigenvalue weighted by Gasteiger charge is -2.19. The summed E-state index contributed by atoms with van der Waals surface area (Å²) in [6.45, 7) is 6.41. The average Bonchev–Trinajstić information content (AvgIpc) is 2.37. The molecular weight excluding hydrogens is 250 g/mol. The highest BCUT2D eigenvalue weighted by atomic mass is 16.3. The minimum atomic E-state index is -0.198. The molecule has 0 aromatic heterocycles. The van der Waals surface area contributed by atoms with Crippen molar-refractivity contribution in [2.24, 2.45) is 11.8 Å². The minimum Gasteiger partial charge on any atom is -0.394 e. The normalized spacial score (nSPS) is 14.1. The molecule has 3 heteroatoms. The minimum absolute atomic E-state index is 0.0286. The Balaban J connectivity index is 2.41. The summed E-state index contributed by atoms with van der Waals surface area (Å²) in [5, 5.41) is 12.3. The topological polar surface area (TPSA) is 49.3 Å². The molecule has 112 valence electrons. The van der Waals surface area contributed by atoms with Crippen LogP contribution in [0.1, 0.15) is 39.2 Å². The van der Waals surface area contributed by atoms with Crippen LogP contribution >= 0.6 is 0 Å². The molecule has 2 N–H and O–H groups in total. The largest absolute Gasteiger partial charge is 0.394 e. The molecule has 0 aliphatic heterocycles. The number of rotatable bonds is 8. The molecule has 0 radical (unpaired) electrons. The molecule has 20 heavy (non-hydrogen) atoms. The second-order valence-corrected chi connectivity index (χ2v) is 6.08. The fraction of sp³-hybridized carbons (Fsp3) is 0.588. The molecule has 0 heterocycles. The summed E-state index contributed by atoms with van der Waals surface area (Å²) in [6.07, 6.45) is 2.25. The van der Waals surface area contributed by atoms with Gasteiger partial charge in [-0.15, -0.1) is 0 Å². The summed E-state index contributed by atoms with van der Waals surface area (Å²) in [5.74, 6) is 1.02. The molecule has 1 aromatic rings. The fourth-order valence-corrected chi connectivity index (χ4v) is 2.55. The van der Waals surface area contributed by atoms with E-state index in [1.807, 2.05) is 30.3 Å². The van der Waals surface area contributed by atoms with Gasteiger partial charge in [0, 0.05) is 6.42 Å². The first-order chi connectivity index (χ1) is 9.51. The predicted octanol–water partition coefficient (Wildman–Crippen LogP) is 2.78. The van der Waals surface area contributed by atoms with E-state index in [1.165, 1.54) is 0 Å². The van der Waals surface area contributed by atoms with Gasteiger partial charge in [-0.25, -0.2) is 0 Å². The fourth-order valence-electron chi connectivity index (χ4n) is 2.55. The molecule has 0 saturated heterocycles. The third kappa shape index (κ3) is 6.71. The Morgan fingerprint density at radius 1 is 1.20 bits per heavy atom. The Morgan fingerprint density at radius 3 is 2.40 bits per heavy atom. The van der Waals surface area contributed by atoms with Crippen LogP contribution in [0.4, 0.5) is 0 Å². The molecule has 1 aromatic carbocycles. The van der Waals surface area contributed by atoms with E-state index in [4.69, 9.17) is 0 Å². The van der Waals surface area contributed by atoms with Crippen LogP contribution in [-0.4, -0.2) is 23.7 Å². The van der Waals surface area contributed by atoms with Crippen LogP contribution < -0.4 is 5.32 Å². The molecule has 0 fully saturated rings. The Hall–Kier alpha value is -1.35. The number of hydrogen-bond acceptors (Lipinski definition) is 2. The van der Waals surface area contributed by atoms with Gasteiger partial charge >= 0.3 is 0 Å². The van der Waals surface area contributed by atoms with Gasteiger partial charge in [-0.05, 0) is 30.2 Å². The Labute approximate surface area is 122 Å². The molecule has 0 saturated carbocycles. The SMILES string of the molecule is CC(C)CC(C)CC(=O)NC(CO)Cc1ccccc1. The third-order valence-corrected chi connectivity index (χ3v) is 3.32. The molecule has 3 nitrogen and oxygen atoms in total. The van der Waals surface area contributed by atoms with Crippen molar-refractivity contribution in [2.75, 3.05) is 6.61 Å². The number of amides is 1. The Kier molecular flexibility index (Phi) is 7.31.